The van der Waals surface area contributed by atoms with E-state index in [1.54, 1.807) is 13.3 Å². The second-order valence-corrected chi connectivity index (χ2v) is 5.52. The molecule has 1 heterocycles. The molecule has 2 unspecified atom stereocenters. The van der Waals surface area contributed by atoms with Crippen LogP contribution in [0.15, 0.2) is 59.7 Å². The molecule has 1 fully saturated rings. The van der Waals surface area contributed by atoms with Crippen LogP contribution in [0.3, 0.4) is 0 Å². The number of amides is 1. The zero-order valence-electron chi connectivity index (χ0n) is 13.4. The standard InChI is InChI=1S/C18H20N4O2/c1-24-17-10-6-5-9-14(17)15-11-16(21-20-15)18(23)22-19-12-13-7-3-2-4-8-13/h2-10,12,15-16,20-21H,11H2,1H3,(H,22,23)/b19-12-. The zero-order chi connectivity index (χ0) is 16.8. The first kappa shape index (κ1) is 16.2. The van der Waals surface area contributed by atoms with Crippen molar-refractivity contribution in [2.24, 2.45) is 5.10 Å². The Kier molecular flexibility index (Phi) is 5.20. The van der Waals surface area contributed by atoms with E-state index in [0.29, 0.717) is 6.42 Å². The van der Waals surface area contributed by atoms with Crippen LogP contribution in [0.25, 0.3) is 0 Å². The van der Waals surface area contributed by atoms with Gasteiger partial charge in [0.2, 0.25) is 0 Å². The van der Waals surface area contributed by atoms with Gasteiger partial charge in [-0.15, -0.1) is 0 Å². The molecule has 1 amide bonds. The monoisotopic (exact) mass is 324 g/mol. The number of hydrazone groups is 1. The van der Waals surface area contributed by atoms with Gasteiger partial charge in [-0.25, -0.2) is 16.3 Å². The quantitative estimate of drug-likeness (QED) is 0.579. The Bertz CT molecular complexity index is 718. The molecule has 3 N–H and O–H groups in total. The topological polar surface area (TPSA) is 74.8 Å². The fourth-order valence-electron chi connectivity index (χ4n) is 2.67. The van der Waals surface area contributed by atoms with Crippen molar-refractivity contribution in [2.75, 3.05) is 7.11 Å². The summed E-state index contributed by atoms with van der Waals surface area (Å²) >= 11 is 0. The summed E-state index contributed by atoms with van der Waals surface area (Å²) in [6.07, 6.45) is 2.24. The third-order valence-corrected chi connectivity index (χ3v) is 3.92. The molecule has 24 heavy (non-hydrogen) atoms. The number of hydrogen-bond acceptors (Lipinski definition) is 5. The second-order valence-electron chi connectivity index (χ2n) is 5.52. The number of benzene rings is 2. The smallest absolute Gasteiger partial charge is 0.258 e. The predicted molar refractivity (Wildman–Crippen MR) is 92.6 cm³/mol. The van der Waals surface area contributed by atoms with Crippen molar-refractivity contribution >= 4 is 12.1 Å². The largest absolute Gasteiger partial charge is 0.496 e. The molecule has 0 radical (unpaired) electrons. The number of rotatable bonds is 5. The van der Waals surface area contributed by atoms with Gasteiger partial charge in [0.1, 0.15) is 11.8 Å². The molecule has 2 atom stereocenters. The average Bonchev–Trinajstić information content (AvgIpc) is 3.12. The highest BCUT2D eigenvalue weighted by molar-refractivity contribution is 5.85. The van der Waals surface area contributed by atoms with Gasteiger partial charge in [0, 0.05) is 5.56 Å². The number of nitrogens with zero attached hydrogens (tertiary/aromatic N) is 1. The average molecular weight is 324 g/mol. The van der Waals surface area contributed by atoms with Gasteiger partial charge in [-0.1, -0.05) is 48.5 Å². The lowest BCUT2D eigenvalue weighted by Crippen LogP contribution is -2.41. The Morgan fingerprint density at radius 3 is 2.71 bits per heavy atom. The molecule has 2 aromatic rings. The van der Waals surface area contributed by atoms with E-state index in [1.807, 2.05) is 54.6 Å². The normalized spacial score (nSPS) is 20.2. The number of hydrazine groups is 1. The lowest BCUT2D eigenvalue weighted by Gasteiger charge is -2.13. The number of nitrogens with one attached hydrogen (secondary N) is 3. The van der Waals surface area contributed by atoms with Gasteiger partial charge in [-0.3, -0.25) is 4.79 Å². The summed E-state index contributed by atoms with van der Waals surface area (Å²) in [5.74, 6) is 0.632. The summed E-state index contributed by atoms with van der Waals surface area (Å²) < 4.78 is 5.38. The summed E-state index contributed by atoms with van der Waals surface area (Å²) in [6.45, 7) is 0. The van der Waals surface area contributed by atoms with Crippen LogP contribution in [0.1, 0.15) is 23.6 Å². The Hall–Kier alpha value is -2.70. The van der Waals surface area contributed by atoms with Crippen LogP contribution >= 0.6 is 0 Å². The van der Waals surface area contributed by atoms with Crippen molar-refractivity contribution in [1.82, 2.24) is 16.3 Å². The number of ether oxygens (including phenoxy) is 1. The highest BCUT2D eigenvalue weighted by Crippen LogP contribution is 2.29. The van der Waals surface area contributed by atoms with E-state index >= 15 is 0 Å². The van der Waals surface area contributed by atoms with E-state index in [1.165, 1.54) is 0 Å². The first-order chi connectivity index (χ1) is 11.8. The van der Waals surface area contributed by atoms with E-state index in [4.69, 9.17) is 4.74 Å². The van der Waals surface area contributed by atoms with E-state index in [0.717, 1.165) is 16.9 Å². The van der Waals surface area contributed by atoms with Crippen LogP contribution in [-0.2, 0) is 4.79 Å². The minimum absolute atomic E-state index is 0.00926. The van der Waals surface area contributed by atoms with Crippen molar-refractivity contribution in [1.29, 1.82) is 0 Å². The van der Waals surface area contributed by atoms with Crippen LogP contribution in [-0.4, -0.2) is 25.3 Å². The van der Waals surface area contributed by atoms with E-state index in [-0.39, 0.29) is 18.0 Å². The molecule has 0 aromatic heterocycles. The number of methoxy groups -OCH3 is 1. The first-order valence-electron chi connectivity index (χ1n) is 7.80. The molecule has 0 aliphatic carbocycles. The molecule has 1 aliphatic rings. The maximum Gasteiger partial charge on any atom is 0.258 e. The maximum absolute atomic E-state index is 12.2. The van der Waals surface area contributed by atoms with Gasteiger partial charge in [0.25, 0.3) is 5.91 Å². The first-order valence-corrected chi connectivity index (χ1v) is 7.80. The number of carbonyl (C=O) groups is 1. The van der Waals surface area contributed by atoms with Gasteiger partial charge in [0.15, 0.2) is 0 Å². The molecule has 6 nitrogen and oxygen atoms in total. The molecular weight excluding hydrogens is 304 g/mol. The van der Waals surface area contributed by atoms with Crippen LogP contribution < -0.4 is 21.0 Å². The molecule has 0 saturated carbocycles. The van der Waals surface area contributed by atoms with Crippen LogP contribution in [0.4, 0.5) is 0 Å². The van der Waals surface area contributed by atoms with Gasteiger partial charge in [-0.05, 0) is 18.1 Å². The highest BCUT2D eigenvalue weighted by atomic mass is 16.5. The number of carbonyl (C=O) groups excluding carboxylic acids is 1. The third-order valence-electron chi connectivity index (χ3n) is 3.92. The Labute approximate surface area is 140 Å². The van der Waals surface area contributed by atoms with E-state index in [2.05, 4.69) is 21.4 Å². The fourth-order valence-corrected chi connectivity index (χ4v) is 2.67. The fraction of sp³-hybridized carbons (Fsp3) is 0.222. The summed E-state index contributed by atoms with van der Waals surface area (Å²) in [7, 11) is 1.64. The molecule has 1 aliphatic heterocycles. The number of hydrogen-bond donors (Lipinski definition) is 3. The van der Waals surface area contributed by atoms with Gasteiger partial charge >= 0.3 is 0 Å². The molecule has 1 saturated heterocycles. The minimum Gasteiger partial charge on any atom is -0.496 e. The summed E-state index contributed by atoms with van der Waals surface area (Å²) in [5.41, 5.74) is 10.7. The van der Waals surface area contributed by atoms with Crippen molar-refractivity contribution in [3.63, 3.8) is 0 Å². The van der Waals surface area contributed by atoms with Crippen molar-refractivity contribution in [3.05, 3.63) is 65.7 Å². The third kappa shape index (κ3) is 3.79. The van der Waals surface area contributed by atoms with Crippen LogP contribution in [0, 0.1) is 0 Å². The molecule has 2 aromatic carbocycles. The predicted octanol–water partition coefficient (Wildman–Crippen LogP) is 1.75. The molecule has 6 heteroatoms. The Morgan fingerprint density at radius 2 is 1.92 bits per heavy atom. The van der Waals surface area contributed by atoms with E-state index in [9.17, 15) is 4.79 Å². The van der Waals surface area contributed by atoms with Crippen LogP contribution in [0.5, 0.6) is 5.75 Å². The summed E-state index contributed by atoms with van der Waals surface area (Å²) in [4.78, 5) is 12.2. The Morgan fingerprint density at radius 1 is 1.17 bits per heavy atom. The van der Waals surface area contributed by atoms with Gasteiger partial charge in [0.05, 0.1) is 19.4 Å². The van der Waals surface area contributed by atoms with Gasteiger partial charge in [-0.2, -0.15) is 5.10 Å². The molecular formula is C18H20N4O2. The lowest BCUT2D eigenvalue weighted by molar-refractivity contribution is -0.122. The SMILES string of the molecule is COc1ccccc1C1CC(C(=O)N/N=C\c2ccccc2)NN1. The molecule has 0 bridgehead atoms. The molecule has 124 valence electrons. The zero-order valence-corrected chi connectivity index (χ0v) is 13.4. The lowest BCUT2D eigenvalue weighted by atomic mass is 10.0. The second kappa shape index (κ2) is 7.72. The molecule has 3 rings (SSSR count). The van der Waals surface area contributed by atoms with Crippen molar-refractivity contribution in [2.45, 2.75) is 18.5 Å². The van der Waals surface area contributed by atoms with E-state index < -0.39 is 0 Å². The van der Waals surface area contributed by atoms with Crippen molar-refractivity contribution in [3.8, 4) is 5.75 Å². The van der Waals surface area contributed by atoms with Gasteiger partial charge < -0.3 is 4.74 Å². The van der Waals surface area contributed by atoms with Crippen molar-refractivity contribution < 1.29 is 9.53 Å². The van der Waals surface area contributed by atoms with Crippen LogP contribution in [0.2, 0.25) is 0 Å². The number of para-hydroxylation sites is 1. The minimum atomic E-state index is -0.354. The summed E-state index contributed by atoms with van der Waals surface area (Å²) in [6, 6.07) is 17.0. The maximum atomic E-state index is 12.2. The summed E-state index contributed by atoms with van der Waals surface area (Å²) in [5, 5.41) is 4.00. The Balaban J connectivity index is 1.57. The highest BCUT2D eigenvalue weighted by Gasteiger charge is 2.31. The molecule has 0 spiro atoms.